The van der Waals surface area contributed by atoms with Gasteiger partial charge in [0.1, 0.15) is 17.4 Å². The molecule has 0 bridgehead atoms. The third-order valence-corrected chi connectivity index (χ3v) is 5.98. The highest BCUT2D eigenvalue weighted by Crippen LogP contribution is 2.33. The lowest BCUT2D eigenvalue weighted by Crippen LogP contribution is -2.41. The van der Waals surface area contributed by atoms with Crippen LogP contribution in [-0.4, -0.2) is 41.6 Å². The number of piperidine rings is 1. The van der Waals surface area contributed by atoms with Crippen molar-refractivity contribution in [2.24, 2.45) is 0 Å². The van der Waals surface area contributed by atoms with Crippen molar-refractivity contribution in [2.75, 3.05) is 19.7 Å². The molecule has 1 aromatic heterocycles. The Morgan fingerprint density at radius 3 is 2.64 bits per heavy atom. The summed E-state index contributed by atoms with van der Waals surface area (Å²) < 4.78 is 12.5. The van der Waals surface area contributed by atoms with Gasteiger partial charge >= 0.3 is 0 Å². The molecule has 28 heavy (non-hydrogen) atoms. The molecule has 0 radical (unpaired) electrons. The van der Waals surface area contributed by atoms with Crippen LogP contribution in [0.15, 0.2) is 42.5 Å². The highest BCUT2D eigenvalue weighted by atomic mass is 35.5. The van der Waals surface area contributed by atoms with Crippen molar-refractivity contribution in [3.63, 3.8) is 0 Å². The van der Waals surface area contributed by atoms with Gasteiger partial charge in [-0.1, -0.05) is 29.0 Å². The van der Waals surface area contributed by atoms with E-state index in [-0.39, 0.29) is 12.0 Å². The first-order valence-electron chi connectivity index (χ1n) is 9.38. The van der Waals surface area contributed by atoms with Gasteiger partial charge < -0.3 is 14.4 Å². The predicted molar refractivity (Wildman–Crippen MR) is 112 cm³/mol. The smallest absolute Gasteiger partial charge is 0.274 e. The molecule has 1 saturated heterocycles. The van der Waals surface area contributed by atoms with Crippen LogP contribution < -0.4 is 9.47 Å². The second kappa shape index (κ2) is 8.37. The maximum absolute atomic E-state index is 12.7. The Hall–Kier alpha value is -2.31. The van der Waals surface area contributed by atoms with Crippen molar-refractivity contribution in [2.45, 2.75) is 25.9 Å². The van der Waals surface area contributed by atoms with E-state index in [1.54, 1.807) is 0 Å². The average molecular weight is 417 g/mol. The molecule has 2 aromatic carbocycles. The number of para-hydroxylation sites is 1. The van der Waals surface area contributed by atoms with Crippen molar-refractivity contribution in [1.82, 2.24) is 9.88 Å². The summed E-state index contributed by atoms with van der Waals surface area (Å²) in [6.07, 6.45) is 1.63. The largest absolute Gasteiger partial charge is 0.494 e. The minimum atomic E-state index is 0.0493. The van der Waals surface area contributed by atoms with Crippen LogP contribution >= 0.6 is 22.9 Å². The molecule has 5 nitrogen and oxygen atoms in total. The number of fused-ring (bicyclic) bond motifs is 1. The van der Waals surface area contributed by atoms with E-state index in [2.05, 4.69) is 4.98 Å². The number of nitrogens with zero attached hydrogens (tertiary/aromatic N) is 2. The van der Waals surface area contributed by atoms with Crippen LogP contribution in [0.2, 0.25) is 5.02 Å². The number of aromatic nitrogens is 1. The van der Waals surface area contributed by atoms with Gasteiger partial charge in [-0.3, -0.25) is 4.79 Å². The van der Waals surface area contributed by atoms with Crippen LogP contribution in [-0.2, 0) is 0 Å². The molecule has 0 atom stereocenters. The van der Waals surface area contributed by atoms with E-state index in [9.17, 15) is 4.79 Å². The highest BCUT2D eigenvalue weighted by Gasteiger charge is 2.25. The van der Waals surface area contributed by atoms with Crippen LogP contribution in [0.1, 0.15) is 30.1 Å². The average Bonchev–Trinajstić information content (AvgIpc) is 3.13. The maximum atomic E-state index is 12.7. The summed E-state index contributed by atoms with van der Waals surface area (Å²) in [6, 6.07) is 13.1. The second-order valence-corrected chi connectivity index (χ2v) is 8.03. The van der Waals surface area contributed by atoms with Crippen molar-refractivity contribution >= 4 is 39.1 Å². The van der Waals surface area contributed by atoms with Gasteiger partial charge in [-0.15, -0.1) is 0 Å². The number of likely N-dealkylation sites (tertiary alicyclic amines) is 1. The Labute approximate surface area is 172 Å². The zero-order chi connectivity index (χ0) is 19.5. The number of halogens is 1. The van der Waals surface area contributed by atoms with Crippen molar-refractivity contribution in [3.05, 3.63) is 53.1 Å². The molecule has 1 aliphatic heterocycles. The molecular formula is C21H21ClN2O3S. The number of carbonyl (C=O) groups excluding carboxylic acids is 1. The van der Waals surface area contributed by atoms with Gasteiger partial charge in [0.25, 0.3) is 11.1 Å². The minimum Gasteiger partial charge on any atom is -0.494 e. The number of thiazole rings is 1. The van der Waals surface area contributed by atoms with Gasteiger partial charge in [-0.25, -0.2) is 4.98 Å². The van der Waals surface area contributed by atoms with Crippen LogP contribution in [0.25, 0.3) is 10.2 Å². The molecule has 2 heterocycles. The molecule has 1 aliphatic rings. The zero-order valence-electron chi connectivity index (χ0n) is 15.6. The van der Waals surface area contributed by atoms with Crippen molar-refractivity contribution in [1.29, 1.82) is 0 Å². The molecule has 0 N–H and O–H groups in total. The molecule has 0 aliphatic carbocycles. The van der Waals surface area contributed by atoms with Gasteiger partial charge in [-0.2, -0.15) is 0 Å². The molecule has 3 aromatic rings. The summed E-state index contributed by atoms with van der Waals surface area (Å²) in [5, 5.41) is 1.28. The van der Waals surface area contributed by atoms with Crippen molar-refractivity contribution in [3.8, 4) is 10.9 Å². The number of hydrogen-bond donors (Lipinski definition) is 0. The van der Waals surface area contributed by atoms with Gasteiger partial charge in [0, 0.05) is 31.5 Å². The summed E-state index contributed by atoms with van der Waals surface area (Å²) in [5.74, 6) is 0.829. The Bertz CT molecular complexity index is 965. The fourth-order valence-corrected chi connectivity index (χ4v) is 4.49. The second-order valence-electron chi connectivity index (χ2n) is 6.63. The summed E-state index contributed by atoms with van der Waals surface area (Å²) >= 11 is 7.69. The van der Waals surface area contributed by atoms with E-state index >= 15 is 0 Å². The zero-order valence-corrected chi connectivity index (χ0v) is 17.1. The summed E-state index contributed by atoms with van der Waals surface area (Å²) in [5.41, 5.74) is 1.47. The number of rotatable bonds is 5. The Morgan fingerprint density at radius 1 is 1.21 bits per heavy atom. The fraction of sp³-hybridized carbons (Fsp3) is 0.333. The Morgan fingerprint density at radius 2 is 1.96 bits per heavy atom. The SMILES string of the molecule is CCOc1ccc(C(=O)N2CCC(Oc3nc4c(Cl)cccc4s3)CC2)cc1. The van der Waals surface area contributed by atoms with E-state index in [1.165, 1.54) is 11.3 Å². The third kappa shape index (κ3) is 4.08. The number of carbonyl (C=O) groups is 1. The number of ether oxygens (including phenoxy) is 2. The Kier molecular flexibility index (Phi) is 5.69. The molecule has 0 spiro atoms. The first-order valence-corrected chi connectivity index (χ1v) is 10.6. The Balaban J connectivity index is 1.34. The van der Waals surface area contributed by atoms with Crippen LogP contribution in [0.4, 0.5) is 0 Å². The molecule has 1 amide bonds. The van der Waals surface area contributed by atoms with Gasteiger partial charge in [0.2, 0.25) is 0 Å². The van der Waals surface area contributed by atoms with Gasteiger partial charge in [0.05, 0.1) is 16.3 Å². The molecular weight excluding hydrogens is 396 g/mol. The lowest BCUT2D eigenvalue weighted by Gasteiger charge is -2.31. The monoisotopic (exact) mass is 416 g/mol. The quantitative estimate of drug-likeness (QED) is 0.585. The van der Waals surface area contributed by atoms with Crippen LogP contribution in [0, 0.1) is 0 Å². The molecule has 146 valence electrons. The number of hydrogen-bond acceptors (Lipinski definition) is 5. The summed E-state index contributed by atoms with van der Waals surface area (Å²) in [6.45, 7) is 3.89. The molecule has 0 unspecified atom stereocenters. The topological polar surface area (TPSA) is 51.7 Å². The van der Waals surface area contributed by atoms with Crippen LogP contribution in [0.5, 0.6) is 10.9 Å². The molecule has 1 fully saturated rings. The van der Waals surface area contributed by atoms with Gasteiger partial charge in [-0.05, 0) is 43.3 Å². The van der Waals surface area contributed by atoms with Crippen LogP contribution in [0.3, 0.4) is 0 Å². The standard InChI is InChI=1S/C21H21ClN2O3S/c1-2-26-15-8-6-14(7-9-15)20(25)24-12-10-16(11-13-24)27-21-23-19-17(22)4-3-5-18(19)28-21/h3-9,16H,2,10-13H2,1H3. The lowest BCUT2D eigenvalue weighted by atomic mass is 10.1. The minimum absolute atomic E-state index is 0.0493. The molecule has 0 saturated carbocycles. The number of amides is 1. The maximum Gasteiger partial charge on any atom is 0.274 e. The highest BCUT2D eigenvalue weighted by molar-refractivity contribution is 7.20. The lowest BCUT2D eigenvalue weighted by molar-refractivity contribution is 0.0595. The van der Waals surface area contributed by atoms with E-state index in [1.807, 2.05) is 54.3 Å². The summed E-state index contributed by atoms with van der Waals surface area (Å²) in [7, 11) is 0. The third-order valence-electron chi connectivity index (χ3n) is 4.76. The predicted octanol–water partition coefficient (Wildman–Crippen LogP) is 5.03. The summed E-state index contributed by atoms with van der Waals surface area (Å²) in [4.78, 5) is 19.1. The van der Waals surface area contributed by atoms with E-state index < -0.39 is 0 Å². The molecule has 7 heteroatoms. The number of benzene rings is 2. The fourth-order valence-electron chi connectivity index (χ4n) is 3.31. The van der Waals surface area contributed by atoms with Gasteiger partial charge in [0.15, 0.2) is 0 Å². The first-order chi connectivity index (χ1) is 13.6. The normalized spacial score (nSPS) is 15.0. The van der Waals surface area contributed by atoms with E-state index in [4.69, 9.17) is 21.1 Å². The molecule has 4 rings (SSSR count). The van der Waals surface area contributed by atoms with E-state index in [0.29, 0.717) is 35.5 Å². The first kappa shape index (κ1) is 19.0. The van der Waals surface area contributed by atoms with E-state index in [0.717, 1.165) is 28.8 Å². The van der Waals surface area contributed by atoms with Crippen molar-refractivity contribution < 1.29 is 14.3 Å².